The van der Waals surface area contributed by atoms with E-state index in [4.69, 9.17) is 16.7 Å². The van der Waals surface area contributed by atoms with E-state index >= 15 is 0 Å². The number of hydrogen-bond acceptors (Lipinski definition) is 4. The van der Waals surface area contributed by atoms with Gasteiger partial charge in [0.2, 0.25) is 0 Å². The van der Waals surface area contributed by atoms with Crippen molar-refractivity contribution in [1.29, 1.82) is 0 Å². The van der Waals surface area contributed by atoms with Crippen molar-refractivity contribution in [3.05, 3.63) is 112 Å². The van der Waals surface area contributed by atoms with E-state index in [9.17, 15) is 14.7 Å². The van der Waals surface area contributed by atoms with Crippen molar-refractivity contribution in [1.82, 2.24) is 4.98 Å². The molecule has 0 aliphatic heterocycles. The molecule has 5 nitrogen and oxygen atoms in total. The maximum atomic E-state index is 11.5. The molecule has 0 fully saturated rings. The Balaban J connectivity index is 1.63. The van der Waals surface area contributed by atoms with Crippen LogP contribution >= 0.6 is 23.4 Å². The van der Waals surface area contributed by atoms with E-state index in [2.05, 4.69) is 4.98 Å². The van der Waals surface area contributed by atoms with Crippen LogP contribution in [-0.2, 0) is 4.79 Å². The SMILES string of the molecule is O=C(O)CCSC(c1cccc(/C=C/c2ccc3ccc(Cl)cc3n2)c1)c1cccc(C(=O)O)c1. The molecule has 0 aliphatic carbocycles. The van der Waals surface area contributed by atoms with Crippen LogP contribution < -0.4 is 0 Å². The number of aromatic carboxylic acids is 1. The molecule has 0 aliphatic rings. The summed E-state index contributed by atoms with van der Waals surface area (Å²) in [5.74, 6) is -1.46. The van der Waals surface area contributed by atoms with Crippen LogP contribution in [0.25, 0.3) is 23.1 Å². The molecule has 2 N–H and O–H groups in total. The zero-order valence-electron chi connectivity index (χ0n) is 18.6. The lowest BCUT2D eigenvalue weighted by Gasteiger charge is -2.18. The highest BCUT2D eigenvalue weighted by Crippen LogP contribution is 2.37. The number of thioether (sulfide) groups is 1. The van der Waals surface area contributed by atoms with Crippen LogP contribution in [0.3, 0.4) is 0 Å². The third kappa shape index (κ3) is 6.50. The highest BCUT2D eigenvalue weighted by molar-refractivity contribution is 7.99. The molecule has 0 saturated heterocycles. The molecule has 1 aromatic heterocycles. The molecule has 1 heterocycles. The van der Waals surface area contributed by atoms with Gasteiger partial charge in [-0.15, -0.1) is 11.8 Å². The quantitative estimate of drug-likeness (QED) is 0.254. The fourth-order valence-electron chi connectivity index (χ4n) is 3.69. The fourth-order valence-corrected chi connectivity index (χ4v) is 5.06. The Morgan fingerprint density at radius 1 is 0.914 bits per heavy atom. The predicted molar refractivity (Wildman–Crippen MR) is 142 cm³/mol. The summed E-state index contributed by atoms with van der Waals surface area (Å²) in [5, 5.41) is 19.9. The molecule has 0 saturated carbocycles. The van der Waals surface area contributed by atoms with Gasteiger partial charge in [-0.2, -0.15) is 0 Å². The molecule has 1 unspecified atom stereocenters. The highest BCUT2D eigenvalue weighted by atomic mass is 35.5. The molecular formula is C28H22ClNO4S. The maximum Gasteiger partial charge on any atom is 0.335 e. The van der Waals surface area contributed by atoms with Gasteiger partial charge in [-0.25, -0.2) is 9.78 Å². The first-order valence-corrected chi connectivity index (χ1v) is 12.3. The molecule has 3 aromatic carbocycles. The minimum absolute atomic E-state index is 0.0248. The van der Waals surface area contributed by atoms with Gasteiger partial charge in [-0.1, -0.05) is 66.2 Å². The van der Waals surface area contributed by atoms with Crippen LogP contribution in [0.15, 0.2) is 78.9 Å². The van der Waals surface area contributed by atoms with Gasteiger partial charge in [-0.05, 0) is 53.1 Å². The van der Waals surface area contributed by atoms with Crippen molar-refractivity contribution >= 4 is 58.4 Å². The number of fused-ring (bicyclic) bond motifs is 1. The van der Waals surface area contributed by atoms with Crippen molar-refractivity contribution in [2.75, 3.05) is 5.75 Å². The van der Waals surface area contributed by atoms with Crippen LogP contribution in [0.5, 0.6) is 0 Å². The first-order chi connectivity index (χ1) is 16.9. The smallest absolute Gasteiger partial charge is 0.335 e. The molecule has 0 radical (unpaired) electrons. The topological polar surface area (TPSA) is 87.5 Å². The largest absolute Gasteiger partial charge is 0.481 e. The van der Waals surface area contributed by atoms with Crippen LogP contribution in [-0.4, -0.2) is 32.9 Å². The van der Waals surface area contributed by atoms with Crippen molar-refractivity contribution in [2.24, 2.45) is 0 Å². The van der Waals surface area contributed by atoms with Gasteiger partial charge in [0, 0.05) is 16.2 Å². The highest BCUT2D eigenvalue weighted by Gasteiger charge is 2.17. The number of aromatic nitrogens is 1. The molecule has 176 valence electrons. The van der Waals surface area contributed by atoms with Crippen molar-refractivity contribution in [3.63, 3.8) is 0 Å². The average molecular weight is 504 g/mol. The molecular weight excluding hydrogens is 482 g/mol. The summed E-state index contributed by atoms with van der Waals surface area (Å²) >= 11 is 7.58. The second-order valence-electron chi connectivity index (χ2n) is 7.90. The summed E-state index contributed by atoms with van der Waals surface area (Å²) in [5.41, 5.74) is 4.55. The fraction of sp³-hybridized carbons (Fsp3) is 0.107. The van der Waals surface area contributed by atoms with Crippen molar-refractivity contribution in [2.45, 2.75) is 11.7 Å². The standard InChI is InChI=1S/C28H22ClNO4S/c29-23-10-8-19-9-12-24(30-25(19)17-23)11-7-18-3-1-4-20(15-18)27(35-14-13-26(31)32)21-5-2-6-22(16-21)28(33)34/h1-12,15-17,27H,13-14H2,(H,31,32)(H,33,34)/b11-7+. The zero-order chi connectivity index (χ0) is 24.8. The van der Waals surface area contributed by atoms with E-state index in [0.29, 0.717) is 10.8 Å². The van der Waals surface area contributed by atoms with Gasteiger partial charge >= 0.3 is 11.9 Å². The number of rotatable bonds is 9. The Morgan fingerprint density at radius 2 is 1.66 bits per heavy atom. The Labute approximate surface area is 212 Å². The average Bonchev–Trinajstić information content (AvgIpc) is 2.85. The van der Waals surface area contributed by atoms with Crippen LogP contribution in [0.1, 0.15) is 44.4 Å². The molecule has 0 bridgehead atoms. The lowest BCUT2D eigenvalue weighted by Crippen LogP contribution is -2.04. The van der Waals surface area contributed by atoms with Crippen molar-refractivity contribution < 1.29 is 19.8 Å². The van der Waals surface area contributed by atoms with Gasteiger partial charge < -0.3 is 10.2 Å². The van der Waals surface area contributed by atoms with Crippen LogP contribution in [0.4, 0.5) is 0 Å². The third-order valence-electron chi connectivity index (χ3n) is 5.37. The van der Waals surface area contributed by atoms with Gasteiger partial charge in [-0.3, -0.25) is 4.79 Å². The summed E-state index contributed by atoms with van der Waals surface area (Å²) in [4.78, 5) is 27.2. The lowest BCUT2D eigenvalue weighted by atomic mass is 10.00. The predicted octanol–water partition coefficient (Wildman–Crippen LogP) is 7.05. The number of halogens is 1. The second kappa shape index (κ2) is 11.2. The lowest BCUT2D eigenvalue weighted by molar-refractivity contribution is -0.136. The Morgan fingerprint density at radius 3 is 2.43 bits per heavy atom. The van der Waals surface area contributed by atoms with E-state index in [0.717, 1.165) is 33.3 Å². The number of benzene rings is 3. The van der Waals surface area contributed by atoms with E-state index in [1.807, 2.05) is 72.8 Å². The number of carbonyl (C=O) groups is 2. The Hall–Kier alpha value is -3.61. The molecule has 4 aromatic rings. The number of hydrogen-bond donors (Lipinski definition) is 2. The number of pyridine rings is 1. The normalized spacial score (nSPS) is 12.1. The maximum absolute atomic E-state index is 11.5. The summed E-state index contributed by atoms with van der Waals surface area (Å²) in [6.07, 6.45) is 3.92. The number of carboxylic acids is 2. The van der Waals surface area contributed by atoms with Crippen LogP contribution in [0.2, 0.25) is 5.02 Å². The van der Waals surface area contributed by atoms with Gasteiger partial charge in [0.15, 0.2) is 0 Å². The van der Waals surface area contributed by atoms with E-state index in [1.54, 1.807) is 18.2 Å². The number of nitrogens with zero attached hydrogens (tertiary/aromatic N) is 1. The molecule has 0 spiro atoms. The molecule has 35 heavy (non-hydrogen) atoms. The Kier molecular flexibility index (Phi) is 7.85. The second-order valence-corrected chi connectivity index (χ2v) is 9.55. The van der Waals surface area contributed by atoms with Gasteiger partial charge in [0.1, 0.15) is 0 Å². The summed E-state index contributed by atoms with van der Waals surface area (Å²) < 4.78 is 0. The van der Waals surface area contributed by atoms with Crippen molar-refractivity contribution in [3.8, 4) is 0 Å². The molecule has 0 amide bonds. The van der Waals surface area contributed by atoms with Gasteiger partial charge in [0.05, 0.1) is 28.4 Å². The monoisotopic (exact) mass is 503 g/mol. The first kappa shape index (κ1) is 24.5. The molecule has 1 atom stereocenters. The minimum atomic E-state index is -0.998. The zero-order valence-corrected chi connectivity index (χ0v) is 20.2. The van der Waals surface area contributed by atoms with E-state index in [-0.39, 0.29) is 17.2 Å². The van der Waals surface area contributed by atoms with Gasteiger partial charge in [0.25, 0.3) is 0 Å². The number of carboxylic acid groups (broad SMARTS) is 2. The number of aliphatic carboxylic acids is 1. The Bertz CT molecular complexity index is 1420. The summed E-state index contributed by atoms with van der Waals surface area (Å²) in [7, 11) is 0. The molecule has 7 heteroatoms. The molecule has 4 rings (SSSR count). The summed E-state index contributed by atoms with van der Waals surface area (Å²) in [6.45, 7) is 0. The minimum Gasteiger partial charge on any atom is -0.481 e. The van der Waals surface area contributed by atoms with Crippen LogP contribution in [0, 0.1) is 0 Å². The third-order valence-corrected chi connectivity index (χ3v) is 6.93. The van der Waals surface area contributed by atoms with E-state index in [1.165, 1.54) is 11.8 Å². The first-order valence-electron chi connectivity index (χ1n) is 10.9. The van der Waals surface area contributed by atoms with E-state index < -0.39 is 11.9 Å². The summed E-state index contributed by atoms with van der Waals surface area (Å²) in [6, 6.07) is 24.2.